The number of imidazole rings is 1. The number of sulfonamides is 1. The van der Waals surface area contributed by atoms with Crippen molar-refractivity contribution in [3.05, 3.63) is 78.9 Å². The molecule has 0 radical (unpaired) electrons. The van der Waals surface area contributed by atoms with Crippen molar-refractivity contribution in [1.82, 2.24) is 14.0 Å². The molecule has 0 aliphatic heterocycles. The second-order valence-corrected chi connectivity index (χ2v) is 8.04. The van der Waals surface area contributed by atoms with Crippen molar-refractivity contribution in [2.24, 2.45) is 0 Å². The van der Waals surface area contributed by atoms with Gasteiger partial charge in [0, 0.05) is 18.1 Å². The van der Waals surface area contributed by atoms with Crippen LogP contribution in [0.4, 0.5) is 0 Å². The number of rotatable bonds is 9. The third kappa shape index (κ3) is 5.18. The van der Waals surface area contributed by atoms with Gasteiger partial charge in [0.15, 0.2) is 0 Å². The van der Waals surface area contributed by atoms with Gasteiger partial charge >= 0.3 is 0 Å². The highest BCUT2D eigenvalue weighted by Gasteiger charge is 2.24. The van der Waals surface area contributed by atoms with Gasteiger partial charge in [0.1, 0.15) is 5.75 Å². The first-order chi connectivity index (χ1) is 13.1. The Labute approximate surface area is 160 Å². The molecule has 27 heavy (non-hydrogen) atoms. The zero-order valence-electron chi connectivity index (χ0n) is 15.2. The van der Waals surface area contributed by atoms with Gasteiger partial charge in [0.25, 0.3) is 0 Å². The molecule has 0 saturated carbocycles. The topological polar surface area (TPSA) is 64.4 Å². The average Bonchev–Trinajstić information content (AvgIpc) is 3.21. The van der Waals surface area contributed by atoms with Gasteiger partial charge in [-0.3, -0.25) is 0 Å². The third-order valence-electron chi connectivity index (χ3n) is 4.04. The molecule has 142 valence electrons. The fourth-order valence-electron chi connectivity index (χ4n) is 2.59. The molecular formula is C20H23N3O3S. The van der Waals surface area contributed by atoms with Crippen molar-refractivity contribution in [1.29, 1.82) is 0 Å². The van der Waals surface area contributed by atoms with Gasteiger partial charge < -0.3 is 9.40 Å². The summed E-state index contributed by atoms with van der Waals surface area (Å²) in [6.07, 6.45) is 6.84. The number of hydrogen-bond acceptors (Lipinski definition) is 4. The van der Waals surface area contributed by atoms with E-state index in [-0.39, 0.29) is 5.75 Å². The summed E-state index contributed by atoms with van der Waals surface area (Å²) >= 11 is 0. The molecule has 0 bridgehead atoms. The van der Waals surface area contributed by atoms with Crippen LogP contribution in [-0.4, -0.2) is 29.0 Å². The van der Waals surface area contributed by atoms with E-state index < -0.39 is 10.0 Å². The van der Waals surface area contributed by atoms with Crippen molar-refractivity contribution in [3.63, 3.8) is 0 Å². The van der Waals surface area contributed by atoms with E-state index in [9.17, 15) is 8.42 Å². The number of hydroxylamine groups is 1. The van der Waals surface area contributed by atoms with Crippen molar-refractivity contribution >= 4 is 10.0 Å². The third-order valence-corrected chi connectivity index (χ3v) is 5.62. The smallest absolute Gasteiger partial charge is 0.249 e. The fourth-order valence-corrected chi connectivity index (χ4v) is 3.96. The summed E-state index contributed by atoms with van der Waals surface area (Å²) < 4.78 is 28.7. The Balaban J connectivity index is 1.76. The molecule has 0 fully saturated rings. The van der Waals surface area contributed by atoms with Crippen LogP contribution in [0.2, 0.25) is 0 Å². The first kappa shape index (κ1) is 19.1. The lowest BCUT2D eigenvalue weighted by Crippen LogP contribution is -2.36. The summed E-state index contributed by atoms with van der Waals surface area (Å²) in [5.41, 5.74) is 1.66. The minimum absolute atomic E-state index is 0.0926. The van der Waals surface area contributed by atoms with Gasteiger partial charge in [-0.25, -0.2) is 13.4 Å². The van der Waals surface area contributed by atoms with Crippen molar-refractivity contribution in [2.75, 3.05) is 6.54 Å². The van der Waals surface area contributed by atoms with Gasteiger partial charge in [-0.1, -0.05) is 43.7 Å². The van der Waals surface area contributed by atoms with E-state index in [1.807, 2.05) is 48.0 Å². The maximum Gasteiger partial charge on any atom is 0.249 e. The van der Waals surface area contributed by atoms with Crippen LogP contribution in [0.5, 0.6) is 5.75 Å². The Morgan fingerprint density at radius 3 is 2.44 bits per heavy atom. The van der Waals surface area contributed by atoms with Crippen LogP contribution in [0.15, 0.2) is 73.3 Å². The molecule has 0 saturated heterocycles. The van der Waals surface area contributed by atoms with Gasteiger partial charge in [-0.15, -0.1) is 0 Å². The van der Waals surface area contributed by atoms with Crippen molar-refractivity contribution < 1.29 is 13.3 Å². The summed E-state index contributed by atoms with van der Waals surface area (Å²) in [7, 11) is -3.60. The van der Waals surface area contributed by atoms with Gasteiger partial charge in [-0.05, 0) is 40.7 Å². The minimum Gasteiger partial charge on any atom is -0.391 e. The van der Waals surface area contributed by atoms with Crippen LogP contribution in [-0.2, 0) is 15.8 Å². The van der Waals surface area contributed by atoms with E-state index in [1.54, 1.807) is 36.8 Å². The molecule has 2 aromatic carbocycles. The first-order valence-electron chi connectivity index (χ1n) is 8.89. The predicted octanol–water partition coefficient (Wildman–Crippen LogP) is 3.80. The maximum absolute atomic E-state index is 12.9. The van der Waals surface area contributed by atoms with E-state index in [0.29, 0.717) is 12.3 Å². The molecule has 0 atom stereocenters. The molecule has 0 spiro atoms. The van der Waals surface area contributed by atoms with Crippen LogP contribution in [0, 0.1) is 0 Å². The quantitative estimate of drug-likeness (QED) is 0.526. The van der Waals surface area contributed by atoms with E-state index in [0.717, 1.165) is 28.6 Å². The van der Waals surface area contributed by atoms with Gasteiger partial charge in [0.2, 0.25) is 10.0 Å². The highest BCUT2D eigenvalue weighted by Crippen LogP contribution is 2.19. The lowest BCUT2D eigenvalue weighted by Gasteiger charge is -2.22. The molecule has 0 aliphatic rings. The number of hydrogen-bond donors (Lipinski definition) is 0. The lowest BCUT2D eigenvalue weighted by molar-refractivity contribution is 0.0346. The molecular weight excluding hydrogens is 362 g/mol. The summed E-state index contributed by atoms with van der Waals surface area (Å²) in [5, 5.41) is 0. The van der Waals surface area contributed by atoms with Crippen molar-refractivity contribution in [2.45, 2.75) is 25.5 Å². The summed E-state index contributed by atoms with van der Waals surface area (Å²) in [6.45, 7) is 2.33. The largest absolute Gasteiger partial charge is 0.391 e. The van der Waals surface area contributed by atoms with E-state index in [1.165, 1.54) is 0 Å². The Bertz CT molecular complexity index is 924. The zero-order valence-corrected chi connectivity index (χ0v) is 16.0. The highest BCUT2D eigenvalue weighted by molar-refractivity contribution is 7.88. The molecule has 1 heterocycles. The van der Waals surface area contributed by atoms with Gasteiger partial charge in [0.05, 0.1) is 18.6 Å². The molecule has 7 heteroatoms. The van der Waals surface area contributed by atoms with Gasteiger partial charge in [-0.2, -0.15) is 0 Å². The van der Waals surface area contributed by atoms with Crippen LogP contribution in [0.25, 0.3) is 5.69 Å². The second-order valence-electron chi connectivity index (χ2n) is 6.18. The fraction of sp³-hybridized carbons (Fsp3) is 0.250. The highest BCUT2D eigenvalue weighted by atomic mass is 32.2. The Kier molecular flexibility index (Phi) is 6.26. The van der Waals surface area contributed by atoms with Crippen LogP contribution in [0.3, 0.4) is 0 Å². The second kappa shape index (κ2) is 8.83. The molecule has 0 N–H and O–H groups in total. The number of unbranched alkanes of at least 4 members (excludes halogenated alkanes) is 1. The summed E-state index contributed by atoms with van der Waals surface area (Å²) in [4.78, 5) is 9.77. The normalized spacial score (nSPS) is 11.6. The standard InChI is InChI=1S/C20H23N3O3S/c1-2-3-14-23(27(24,25)16-18-7-5-4-6-8-18)26-20-11-9-19(10-12-20)22-15-13-21-17-22/h4-13,15,17H,2-3,14,16H2,1H3. The van der Waals surface area contributed by atoms with E-state index >= 15 is 0 Å². The predicted molar refractivity (Wildman–Crippen MR) is 105 cm³/mol. The lowest BCUT2D eigenvalue weighted by atomic mass is 10.2. The molecule has 6 nitrogen and oxygen atoms in total. The molecule has 3 rings (SSSR count). The molecule has 1 aromatic heterocycles. The summed E-state index contributed by atoms with van der Waals surface area (Å²) in [6, 6.07) is 16.4. The Morgan fingerprint density at radius 2 is 1.81 bits per heavy atom. The molecule has 0 aliphatic carbocycles. The van der Waals surface area contributed by atoms with Crippen LogP contribution < -0.4 is 4.84 Å². The SMILES string of the molecule is CCCCN(Oc1ccc(-n2ccnc2)cc1)S(=O)(=O)Cc1ccccc1. The molecule has 0 amide bonds. The van der Waals surface area contributed by atoms with E-state index in [4.69, 9.17) is 4.84 Å². The number of benzene rings is 2. The number of nitrogens with zero attached hydrogens (tertiary/aromatic N) is 3. The average molecular weight is 385 g/mol. The molecule has 3 aromatic rings. The summed E-state index contributed by atoms with van der Waals surface area (Å²) in [5.74, 6) is 0.386. The van der Waals surface area contributed by atoms with Crippen molar-refractivity contribution in [3.8, 4) is 11.4 Å². The minimum atomic E-state index is -3.60. The Hall–Kier alpha value is -2.64. The van der Waals surface area contributed by atoms with Crippen LogP contribution in [0.1, 0.15) is 25.3 Å². The molecule has 0 unspecified atom stereocenters. The Morgan fingerprint density at radius 1 is 1.07 bits per heavy atom. The van der Waals surface area contributed by atoms with Crippen LogP contribution >= 0.6 is 0 Å². The first-order valence-corrected chi connectivity index (χ1v) is 10.5. The monoisotopic (exact) mass is 385 g/mol. The maximum atomic E-state index is 12.9. The zero-order chi connectivity index (χ0) is 19.1. The van der Waals surface area contributed by atoms with E-state index in [2.05, 4.69) is 4.98 Å². The number of aromatic nitrogens is 2.